The molecule has 2 aromatic rings. The average Bonchev–Trinajstić information content (AvgIpc) is 2.95. The molecule has 0 fully saturated rings. The van der Waals surface area contributed by atoms with E-state index in [0.29, 0.717) is 10.8 Å². The SMILES string of the molecule is Cc1csc(NC(=O)CCNC(=O)c2cc(C)nn2C)n1. The molecule has 0 saturated heterocycles. The molecule has 112 valence electrons. The molecule has 2 N–H and O–H groups in total. The maximum Gasteiger partial charge on any atom is 0.269 e. The minimum atomic E-state index is -0.240. The summed E-state index contributed by atoms with van der Waals surface area (Å²) in [5, 5.41) is 11.9. The number of amides is 2. The summed E-state index contributed by atoms with van der Waals surface area (Å²) in [6.07, 6.45) is 0.196. The number of hydrogen-bond donors (Lipinski definition) is 2. The van der Waals surface area contributed by atoms with Gasteiger partial charge in [-0.1, -0.05) is 0 Å². The highest BCUT2D eigenvalue weighted by Crippen LogP contribution is 2.14. The lowest BCUT2D eigenvalue weighted by molar-refractivity contribution is -0.116. The molecule has 0 aliphatic heterocycles. The first kappa shape index (κ1) is 15.2. The van der Waals surface area contributed by atoms with Crippen molar-refractivity contribution in [1.82, 2.24) is 20.1 Å². The minimum absolute atomic E-state index is 0.175. The normalized spacial score (nSPS) is 10.4. The van der Waals surface area contributed by atoms with Crippen molar-refractivity contribution >= 4 is 28.3 Å². The molecule has 0 atom stereocenters. The molecule has 2 aromatic heterocycles. The van der Waals surface area contributed by atoms with Crippen LogP contribution in [0.1, 0.15) is 28.3 Å². The quantitative estimate of drug-likeness (QED) is 0.870. The van der Waals surface area contributed by atoms with Crippen LogP contribution in [0.4, 0.5) is 5.13 Å². The summed E-state index contributed by atoms with van der Waals surface area (Å²) < 4.78 is 1.52. The van der Waals surface area contributed by atoms with Gasteiger partial charge in [0.25, 0.3) is 5.91 Å². The van der Waals surface area contributed by atoms with E-state index in [1.807, 2.05) is 19.2 Å². The highest BCUT2D eigenvalue weighted by Gasteiger charge is 2.12. The molecular weight excluding hydrogens is 290 g/mol. The number of anilines is 1. The van der Waals surface area contributed by atoms with Crippen LogP contribution in [-0.4, -0.2) is 33.1 Å². The smallest absolute Gasteiger partial charge is 0.269 e. The number of carbonyl (C=O) groups excluding carboxylic acids is 2. The third-order valence-electron chi connectivity index (χ3n) is 2.74. The molecule has 0 aliphatic carbocycles. The van der Waals surface area contributed by atoms with Crippen LogP contribution in [0.5, 0.6) is 0 Å². The number of aryl methyl sites for hydroxylation is 3. The van der Waals surface area contributed by atoms with Crippen molar-refractivity contribution in [1.29, 1.82) is 0 Å². The fourth-order valence-electron chi connectivity index (χ4n) is 1.80. The highest BCUT2D eigenvalue weighted by molar-refractivity contribution is 7.13. The molecule has 2 amide bonds. The van der Waals surface area contributed by atoms with Gasteiger partial charge in [-0.25, -0.2) is 4.98 Å². The molecule has 0 aromatic carbocycles. The number of nitrogens with one attached hydrogen (secondary N) is 2. The molecule has 2 rings (SSSR count). The predicted octanol–water partition coefficient (Wildman–Crippen LogP) is 1.25. The zero-order valence-electron chi connectivity index (χ0n) is 12.1. The van der Waals surface area contributed by atoms with E-state index in [-0.39, 0.29) is 24.8 Å². The van der Waals surface area contributed by atoms with Crippen molar-refractivity contribution in [2.45, 2.75) is 20.3 Å². The van der Waals surface area contributed by atoms with E-state index in [0.717, 1.165) is 11.4 Å². The Hall–Kier alpha value is -2.22. The third-order valence-corrected chi connectivity index (χ3v) is 3.61. The summed E-state index contributed by atoms with van der Waals surface area (Å²) in [5.74, 6) is -0.415. The Labute approximate surface area is 126 Å². The Bertz CT molecular complexity index is 661. The minimum Gasteiger partial charge on any atom is -0.350 e. The van der Waals surface area contributed by atoms with E-state index in [2.05, 4.69) is 20.7 Å². The fraction of sp³-hybridized carbons (Fsp3) is 0.385. The van der Waals surface area contributed by atoms with E-state index in [1.54, 1.807) is 13.1 Å². The topological polar surface area (TPSA) is 88.9 Å². The molecule has 2 heterocycles. The zero-order chi connectivity index (χ0) is 15.4. The standard InChI is InChI=1S/C13H17N5O2S/c1-8-6-10(18(3)17-8)12(20)14-5-4-11(19)16-13-15-9(2)7-21-13/h6-7H,4-5H2,1-3H3,(H,14,20)(H,15,16,19). The van der Waals surface area contributed by atoms with Crippen molar-refractivity contribution in [3.63, 3.8) is 0 Å². The Morgan fingerprint density at radius 3 is 2.67 bits per heavy atom. The number of nitrogens with zero attached hydrogens (tertiary/aromatic N) is 3. The van der Waals surface area contributed by atoms with E-state index < -0.39 is 0 Å². The van der Waals surface area contributed by atoms with Gasteiger partial charge in [0.15, 0.2) is 5.13 Å². The van der Waals surface area contributed by atoms with Crippen LogP contribution in [0.25, 0.3) is 0 Å². The van der Waals surface area contributed by atoms with Crippen LogP contribution in [0.2, 0.25) is 0 Å². The molecule has 0 radical (unpaired) electrons. The summed E-state index contributed by atoms with van der Waals surface area (Å²) in [7, 11) is 1.71. The van der Waals surface area contributed by atoms with Crippen molar-refractivity contribution in [2.24, 2.45) is 7.05 Å². The van der Waals surface area contributed by atoms with Crippen LogP contribution in [0.3, 0.4) is 0 Å². The number of carbonyl (C=O) groups is 2. The first-order chi connectivity index (χ1) is 9.95. The molecule has 8 heteroatoms. The van der Waals surface area contributed by atoms with Crippen molar-refractivity contribution in [3.05, 3.63) is 28.5 Å². The Balaban J connectivity index is 1.77. The Morgan fingerprint density at radius 1 is 1.33 bits per heavy atom. The van der Waals surface area contributed by atoms with Crippen LogP contribution in [0, 0.1) is 13.8 Å². The van der Waals surface area contributed by atoms with Gasteiger partial charge in [0.05, 0.1) is 11.4 Å². The summed E-state index contributed by atoms with van der Waals surface area (Å²) in [5.41, 5.74) is 2.12. The van der Waals surface area contributed by atoms with Gasteiger partial charge >= 0.3 is 0 Å². The van der Waals surface area contributed by atoms with Gasteiger partial charge in [-0.15, -0.1) is 11.3 Å². The second kappa shape index (κ2) is 6.49. The maximum absolute atomic E-state index is 11.9. The molecule has 0 saturated carbocycles. The van der Waals surface area contributed by atoms with Crippen LogP contribution in [0.15, 0.2) is 11.4 Å². The first-order valence-corrected chi connectivity index (χ1v) is 7.34. The fourth-order valence-corrected chi connectivity index (χ4v) is 2.50. The zero-order valence-corrected chi connectivity index (χ0v) is 13.0. The van der Waals surface area contributed by atoms with Gasteiger partial charge in [-0.05, 0) is 19.9 Å². The second-order valence-corrected chi connectivity index (χ2v) is 5.50. The van der Waals surface area contributed by atoms with Crippen molar-refractivity contribution < 1.29 is 9.59 Å². The van der Waals surface area contributed by atoms with E-state index in [1.165, 1.54) is 16.0 Å². The number of thiazole rings is 1. The van der Waals surface area contributed by atoms with Crippen molar-refractivity contribution in [3.8, 4) is 0 Å². The van der Waals surface area contributed by atoms with Gasteiger partial charge in [-0.3, -0.25) is 14.3 Å². The molecule has 0 unspecified atom stereocenters. The van der Waals surface area contributed by atoms with E-state index in [9.17, 15) is 9.59 Å². The van der Waals surface area contributed by atoms with Crippen LogP contribution in [-0.2, 0) is 11.8 Å². The van der Waals surface area contributed by atoms with Gasteiger partial charge in [0.2, 0.25) is 5.91 Å². The molecule has 0 spiro atoms. The van der Waals surface area contributed by atoms with Crippen molar-refractivity contribution in [2.75, 3.05) is 11.9 Å². The van der Waals surface area contributed by atoms with Crippen LogP contribution < -0.4 is 10.6 Å². The Kier molecular flexibility index (Phi) is 4.69. The lowest BCUT2D eigenvalue weighted by Gasteiger charge is -2.05. The summed E-state index contributed by atoms with van der Waals surface area (Å²) in [4.78, 5) is 27.7. The van der Waals surface area contributed by atoms with E-state index >= 15 is 0 Å². The predicted molar refractivity (Wildman–Crippen MR) is 80.4 cm³/mol. The number of rotatable bonds is 5. The number of hydrogen-bond acceptors (Lipinski definition) is 5. The van der Waals surface area contributed by atoms with Gasteiger partial charge in [-0.2, -0.15) is 5.10 Å². The summed E-state index contributed by atoms with van der Waals surface area (Å²) in [6.45, 7) is 3.95. The van der Waals surface area contributed by atoms with Gasteiger partial charge in [0, 0.05) is 25.4 Å². The third kappa shape index (κ3) is 4.12. The average molecular weight is 307 g/mol. The highest BCUT2D eigenvalue weighted by atomic mass is 32.1. The molecule has 0 aliphatic rings. The lowest BCUT2D eigenvalue weighted by atomic mass is 10.3. The van der Waals surface area contributed by atoms with E-state index in [4.69, 9.17) is 0 Å². The first-order valence-electron chi connectivity index (χ1n) is 6.46. The lowest BCUT2D eigenvalue weighted by Crippen LogP contribution is -2.29. The van der Waals surface area contributed by atoms with Crippen LogP contribution >= 0.6 is 11.3 Å². The van der Waals surface area contributed by atoms with Gasteiger partial charge < -0.3 is 10.6 Å². The van der Waals surface area contributed by atoms with Gasteiger partial charge in [0.1, 0.15) is 5.69 Å². The monoisotopic (exact) mass is 307 g/mol. The molecule has 21 heavy (non-hydrogen) atoms. The molecule has 0 bridgehead atoms. The second-order valence-electron chi connectivity index (χ2n) is 4.64. The summed E-state index contributed by atoms with van der Waals surface area (Å²) in [6, 6.07) is 1.70. The number of aromatic nitrogens is 3. The maximum atomic E-state index is 11.9. The molecular formula is C13H17N5O2S. The largest absolute Gasteiger partial charge is 0.350 e. The Morgan fingerprint density at radius 2 is 2.10 bits per heavy atom. The molecule has 7 nitrogen and oxygen atoms in total. The summed E-state index contributed by atoms with van der Waals surface area (Å²) >= 11 is 1.38.